The fraction of sp³-hybridized carbons (Fsp3) is 0.545. The monoisotopic (exact) mass is 259 g/mol. The van der Waals surface area contributed by atoms with Crippen molar-refractivity contribution in [3.63, 3.8) is 0 Å². The molecule has 0 radical (unpaired) electrons. The summed E-state index contributed by atoms with van der Waals surface area (Å²) in [4.78, 5) is 33.7. The molecule has 2 N–H and O–H groups in total. The summed E-state index contributed by atoms with van der Waals surface area (Å²) in [5.41, 5.74) is -0.590. The van der Waals surface area contributed by atoms with Crippen molar-refractivity contribution < 1.29 is 29.0 Å². The van der Waals surface area contributed by atoms with Crippen LogP contribution in [-0.2, 0) is 19.1 Å². The maximum atomic E-state index is 11.6. The minimum Gasteiger partial charge on any atom is -0.497 e. The lowest BCUT2D eigenvalue weighted by Gasteiger charge is -2.11. The highest BCUT2D eigenvalue weighted by Gasteiger charge is 2.25. The minimum atomic E-state index is -1.46. The average molecular weight is 259 g/mol. The van der Waals surface area contributed by atoms with Gasteiger partial charge in [-0.2, -0.15) is 0 Å². The Balaban J connectivity index is 5.05. The van der Waals surface area contributed by atoms with Gasteiger partial charge in [0.25, 0.3) is 5.91 Å². The van der Waals surface area contributed by atoms with Crippen molar-refractivity contribution in [2.24, 2.45) is 0 Å². The van der Waals surface area contributed by atoms with Gasteiger partial charge in [-0.25, -0.2) is 9.59 Å². The number of allylic oxidation sites excluding steroid dienone is 1. The second kappa shape index (κ2) is 8.10. The van der Waals surface area contributed by atoms with Gasteiger partial charge in [0.2, 0.25) is 0 Å². The first-order valence-electron chi connectivity index (χ1n) is 5.55. The van der Waals surface area contributed by atoms with Crippen molar-refractivity contribution in [3.8, 4) is 0 Å². The fourth-order valence-corrected chi connectivity index (χ4v) is 1.19. The number of hydrogen-bond acceptors (Lipinski definition) is 5. The van der Waals surface area contributed by atoms with Gasteiger partial charge in [0, 0.05) is 6.42 Å². The van der Waals surface area contributed by atoms with Gasteiger partial charge in [-0.05, 0) is 13.8 Å². The molecule has 0 bridgehead atoms. The van der Waals surface area contributed by atoms with Crippen molar-refractivity contribution in [1.29, 1.82) is 0 Å². The molecule has 0 aliphatic heterocycles. The van der Waals surface area contributed by atoms with Crippen LogP contribution in [0, 0.1) is 0 Å². The summed E-state index contributed by atoms with van der Waals surface area (Å²) in [5.74, 6) is -2.49. The molecule has 0 aliphatic carbocycles. The van der Waals surface area contributed by atoms with Gasteiger partial charge in [-0.3, -0.25) is 10.1 Å². The molecule has 0 rings (SSSR count). The average Bonchev–Trinajstić information content (AvgIpc) is 2.27. The highest BCUT2D eigenvalue weighted by atomic mass is 16.5. The van der Waals surface area contributed by atoms with E-state index in [9.17, 15) is 14.4 Å². The van der Waals surface area contributed by atoms with Crippen LogP contribution < -0.4 is 5.32 Å². The number of alkyl carbamates (subject to hydrolysis) is 1. The van der Waals surface area contributed by atoms with Gasteiger partial charge in [0.1, 0.15) is 5.76 Å². The van der Waals surface area contributed by atoms with E-state index in [1.807, 2.05) is 5.32 Å². The summed E-state index contributed by atoms with van der Waals surface area (Å²) in [6.45, 7) is 5.18. The van der Waals surface area contributed by atoms with Crippen molar-refractivity contribution in [1.82, 2.24) is 5.32 Å². The van der Waals surface area contributed by atoms with E-state index < -0.39 is 23.5 Å². The number of carbonyl (C=O) groups excluding carboxylic acids is 2. The molecule has 0 fully saturated rings. The summed E-state index contributed by atoms with van der Waals surface area (Å²) in [6, 6.07) is 0. The predicted octanol–water partition coefficient (Wildman–Crippen LogP) is 1.04. The van der Waals surface area contributed by atoms with Crippen LogP contribution in [0.5, 0.6) is 0 Å². The molecule has 18 heavy (non-hydrogen) atoms. The zero-order valence-electron chi connectivity index (χ0n) is 10.6. The Morgan fingerprint density at radius 2 is 1.61 bits per heavy atom. The first-order chi connectivity index (χ1) is 8.47. The SMILES string of the molecule is CCOC(=O)NC(=O)C(C(=O)O)=C(CC)OCC. The number of amides is 2. The number of imide groups is 1. The maximum absolute atomic E-state index is 11.6. The normalized spacial score (nSPS) is 11.3. The molecule has 0 aromatic heterocycles. The van der Waals surface area contributed by atoms with Gasteiger partial charge in [0.05, 0.1) is 13.2 Å². The lowest BCUT2D eigenvalue weighted by Crippen LogP contribution is -2.35. The Labute approximate surface area is 105 Å². The molecular weight excluding hydrogens is 242 g/mol. The molecule has 0 saturated carbocycles. The number of carbonyl (C=O) groups is 3. The molecule has 0 aromatic carbocycles. The van der Waals surface area contributed by atoms with Gasteiger partial charge >= 0.3 is 12.1 Å². The molecule has 0 spiro atoms. The number of aliphatic carboxylic acids is 1. The largest absolute Gasteiger partial charge is 0.497 e. The summed E-state index contributed by atoms with van der Waals surface area (Å²) in [5, 5.41) is 10.8. The molecule has 7 heteroatoms. The van der Waals surface area contributed by atoms with Crippen molar-refractivity contribution >= 4 is 18.0 Å². The minimum absolute atomic E-state index is 0.0202. The molecule has 0 heterocycles. The van der Waals surface area contributed by atoms with E-state index in [1.165, 1.54) is 0 Å². The fourth-order valence-electron chi connectivity index (χ4n) is 1.19. The van der Waals surface area contributed by atoms with Gasteiger partial charge in [0.15, 0.2) is 5.57 Å². The Morgan fingerprint density at radius 3 is 2.00 bits per heavy atom. The smallest absolute Gasteiger partial charge is 0.414 e. The lowest BCUT2D eigenvalue weighted by molar-refractivity contribution is -0.135. The van der Waals surface area contributed by atoms with Crippen molar-refractivity contribution in [2.45, 2.75) is 27.2 Å². The van der Waals surface area contributed by atoms with E-state index in [0.29, 0.717) is 0 Å². The third kappa shape index (κ3) is 4.86. The third-order valence-electron chi connectivity index (χ3n) is 1.85. The van der Waals surface area contributed by atoms with Crippen LogP contribution in [0.2, 0.25) is 0 Å². The van der Waals surface area contributed by atoms with E-state index in [0.717, 1.165) is 0 Å². The second-order valence-corrected chi connectivity index (χ2v) is 3.06. The standard InChI is InChI=1S/C11H17NO6/c1-4-7(17-5-2)8(10(14)15)9(13)12-11(16)18-6-3/h4-6H2,1-3H3,(H,14,15)(H,12,13,16). The predicted molar refractivity (Wildman–Crippen MR) is 61.7 cm³/mol. The highest BCUT2D eigenvalue weighted by Crippen LogP contribution is 2.11. The number of nitrogens with one attached hydrogen (secondary N) is 1. The third-order valence-corrected chi connectivity index (χ3v) is 1.85. The van der Waals surface area contributed by atoms with E-state index in [2.05, 4.69) is 4.74 Å². The number of carboxylic acid groups (broad SMARTS) is 1. The molecular formula is C11H17NO6. The molecule has 7 nitrogen and oxygen atoms in total. The number of rotatable bonds is 6. The first-order valence-corrected chi connectivity index (χ1v) is 5.55. The Kier molecular flexibility index (Phi) is 7.18. The van der Waals surface area contributed by atoms with Gasteiger partial charge < -0.3 is 14.6 Å². The quantitative estimate of drug-likeness (QED) is 0.320. The van der Waals surface area contributed by atoms with E-state index in [-0.39, 0.29) is 25.4 Å². The molecule has 0 saturated heterocycles. The van der Waals surface area contributed by atoms with E-state index in [1.54, 1.807) is 20.8 Å². The van der Waals surface area contributed by atoms with Crippen LogP contribution in [0.3, 0.4) is 0 Å². The molecule has 2 amide bonds. The zero-order chi connectivity index (χ0) is 14.1. The topological polar surface area (TPSA) is 102 Å². The molecule has 0 aromatic rings. The summed E-state index contributed by atoms with van der Waals surface area (Å²) >= 11 is 0. The Morgan fingerprint density at radius 1 is 1.06 bits per heavy atom. The van der Waals surface area contributed by atoms with Crippen LogP contribution in [0.25, 0.3) is 0 Å². The van der Waals surface area contributed by atoms with Gasteiger partial charge in [-0.1, -0.05) is 6.92 Å². The molecule has 0 unspecified atom stereocenters. The molecule has 0 atom stereocenters. The second-order valence-electron chi connectivity index (χ2n) is 3.06. The molecule has 0 aliphatic rings. The summed E-state index contributed by atoms with van der Waals surface area (Å²) < 4.78 is 9.55. The maximum Gasteiger partial charge on any atom is 0.414 e. The zero-order valence-corrected chi connectivity index (χ0v) is 10.6. The van der Waals surface area contributed by atoms with Crippen LogP contribution >= 0.6 is 0 Å². The van der Waals surface area contributed by atoms with Crippen molar-refractivity contribution in [2.75, 3.05) is 13.2 Å². The number of ether oxygens (including phenoxy) is 2. The van der Waals surface area contributed by atoms with Crippen LogP contribution in [0.15, 0.2) is 11.3 Å². The van der Waals surface area contributed by atoms with Crippen molar-refractivity contribution in [3.05, 3.63) is 11.3 Å². The van der Waals surface area contributed by atoms with Crippen LogP contribution in [0.4, 0.5) is 4.79 Å². The summed E-state index contributed by atoms with van der Waals surface area (Å²) in [6.07, 6.45) is -0.765. The number of hydrogen-bond donors (Lipinski definition) is 2. The van der Waals surface area contributed by atoms with Crippen LogP contribution in [0.1, 0.15) is 27.2 Å². The van der Waals surface area contributed by atoms with Gasteiger partial charge in [-0.15, -0.1) is 0 Å². The first kappa shape index (κ1) is 16.0. The van der Waals surface area contributed by atoms with Crippen LogP contribution in [-0.4, -0.2) is 36.3 Å². The number of carboxylic acids is 1. The summed E-state index contributed by atoms with van der Waals surface area (Å²) in [7, 11) is 0. The highest BCUT2D eigenvalue weighted by molar-refractivity contribution is 6.19. The van der Waals surface area contributed by atoms with E-state index in [4.69, 9.17) is 9.84 Å². The molecule has 102 valence electrons. The van der Waals surface area contributed by atoms with E-state index >= 15 is 0 Å². The Hall–Kier alpha value is -2.05. The Bertz CT molecular complexity index is 361. The lowest BCUT2D eigenvalue weighted by atomic mass is 10.2.